The number of carbonyl (C=O) groups is 2. The van der Waals surface area contributed by atoms with Gasteiger partial charge in [-0.2, -0.15) is 0 Å². The van der Waals surface area contributed by atoms with E-state index in [1.807, 2.05) is 0 Å². The largest absolute Gasteiger partial charge is 0.479 e. The van der Waals surface area contributed by atoms with Crippen LogP contribution < -0.4 is 24.6 Å². The van der Waals surface area contributed by atoms with Gasteiger partial charge in [-0.3, -0.25) is 0 Å². The maximum Gasteiger partial charge on any atom is 0.337 e. The van der Waals surface area contributed by atoms with Crippen molar-refractivity contribution in [3.63, 3.8) is 0 Å². The van der Waals surface area contributed by atoms with E-state index in [1.54, 1.807) is 0 Å². The number of hydrogen-bond donors (Lipinski definition) is 6. The van der Waals surface area contributed by atoms with Gasteiger partial charge in [0, 0.05) is 16.8 Å². The third-order valence-electron chi connectivity index (χ3n) is 0.373. The molecule has 0 fully saturated rings. The van der Waals surface area contributed by atoms with E-state index in [0.717, 1.165) is 0 Å². The van der Waals surface area contributed by atoms with E-state index in [4.69, 9.17) is 56.6 Å². The Morgan fingerprint density at radius 3 is 0.765 bits per heavy atom. The molecule has 0 spiro atoms. The summed E-state index contributed by atoms with van der Waals surface area (Å²) in [6.07, 6.45) is 0. The molecule has 0 rings (SSSR count). The molecular formula is C4H16Cl4CoN4O4. The minimum atomic E-state index is -1.29. The Bertz CT molecular complexity index is 158. The summed E-state index contributed by atoms with van der Waals surface area (Å²) in [6.45, 7) is 0. The predicted octanol–water partition coefficient (Wildman–Crippen LogP) is 2.39. The number of hydrogen-bond acceptors (Lipinski definition) is 6. The molecule has 1 radical (unpaired) electrons. The maximum absolute atomic E-state index is 9.44. The maximum atomic E-state index is 9.44. The molecule has 0 aromatic rings. The first kappa shape index (κ1) is 43.2. The molecule has 0 aliphatic heterocycles. The van der Waals surface area contributed by atoms with Crippen molar-refractivity contribution in [2.45, 2.75) is 9.67 Å². The molecule has 0 atom stereocenters. The average molecular weight is 385 g/mol. The van der Waals surface area contributed by atoms with Gasteiger partial charge in [-0.1, -0.05) is 46.4 Å². The summed E-state index contributed by atoms with van der Waals surface area (Å²) in [7, 11) is 0. The van der Waals surface area contributed by atoms with Gasteiger partial charge in [-0.05, 0) is 0 Å². The van der Waals surface area contributed by atoms with E-state index >= 15 is 0 Å². The fraction of sp³-hybridized carbons (Fsp3) is 0.500. The van der Waals surface area contributed by atoms with Crippen molar-refractivity contribution in [2.75, 3.05) is 0 Å². The molecule has 113 valence electrons. The van der Waals surface area contributed by atoms with E-state index in [9.17, 15) is 9.59 Å². The predicted molar refractivity (Wildman–Crippen MR) is 66.3 cm³/mol. The molecule has 0 saturated carbocycles. The summed E-state index contributed by atoms with van der Waals surface area (Å²) >= 11 is 19.1. The normalized spacial score (nSPS) is 6.47. The van der Waals surface area contributed by atoms with Crippen LogP contribution in [0.3, 0.4) is 0 Å². The standard InChI is InChI=1S/2C2H2Cl2O2.Co.4H3N/c2*3-1(4)2(5)6;;;;;/h2*1H,(H,5,6);;4*1H3. The fourth-order valence-corrected chi connectivity index (χ4v) is 0. The second-order valence-corrected chi connectivity index (χ2v) is 3.47. The third kappa shape index (κ3) is 48.1. The fourth-order valence-electron chi connectivity index (χ4n) is 0. The Labute approximate surface area is 129 Å². The van der Waals surface area contributed by atoms with Crippen LogP contribution in [-0.4, -0.2) is 31.8 Å². The van der Waals surface area contributed by atoms with Crippen LogP contribution in [0.2, 0.25) is 0 Å². The first-order chi connectivity index (χ1) is 5.29. The molecule has 0 amide bonds. The summed E-state index contributed by atoms with van der Waals surface area (Å²) in [6, 6.07) is 0. The van der Waals surface area contributed by atoms with Gasteiger partial charge in [0.2, 0.25) is 9.67 Å². The van der Waals surface area contributed by atoms with Crippen molar-refractivity contribution in [3.8, 4) is 0 Å². The number of halogens is 4. The van der Waals surface area contributed by atoms with Crippen molar-refractivity contribution >= 4 is 58.3 Å². The van der Waals surface area contributed by atoms with Crippen molar-refractivity contribution in [2.24, 2.45) is 0 Å². The van der Waals surface area contributed by atoms with Crippen LogP contribution in [0.4, 0.5) is 0 Å². The molecule has 0 unspecified atom stereocenters. The number of alkyl halides is 4. The number of carboxylic acids is 2. The monoisotopic (exact) mass is 383 g/mol. The van der Waals surface area contributed by atoms with Crippen LogP contribution in [0.1, 0.15) is 0 Å². The van der Waals surface area contributed by atoms with Gasteiger partial charge in [0.15, 0.2) is 0 Å². The molecule has 0 heterocycles. The summed E-state index contributed by atoms with van der Waals surface area (Å²) in [5.41, 5.74) is 0. The van der Waals surface area contributed by atoms with Gasteiger partial charge in [-0.15, -0.1) is 0 Å². The summed E-state index contributed by atoms with van der Waals surface area (Å²) in [5.74, 6) is -2.42. The van der Waals surface area contributed by atoms with Crippen LogP contribution in [0.5, 0.6) is 0 Å². The Morgan fingerprint density at radius 1 is 0.706 bits per heavy atom. The van der Waals surface area contributed by atoms with E-state index in [1.165, 1.54) is 0 Å². The van der Waals surface area contributed by atoms with Crippen molar-refractivity contribution in [3.05, 3.63) is 0 Å². The Balaban J connectivity index is -0.0000000182. The number of rotatable bonds is 2. The van der Waals surface area contributed by atoms with Crippen LogP contribution in [0, 0.1) is 0 Å². The SMILES string of the molecule is N.N.N.N.O=C(O)C(Cl)Cl.O=C(O)C(Cl)Cl.[Co]. The average Bonchev–Trinajstić information content (AvgIpc) is 1.88. The van der Waals surface area contributed by atoms with Gasteiger partial charge in [0.1, 0.15) is 0 Å². The van der Waals surface area contributed by atoms with Gasteiger partial charge < -0.3 is 34.8 Å². The zero-order valence-electron chi connectivity index (χ0n) is 8.54. The molecule has 0 aliphatic rings. The van der Waals surface area contributed by atoms with E-state index in [0.29, 0.717) is 0 Å². The van der Waals surface area contributed by atoms with Crippen LogP contribution in [-0.2, 0) is 26.4 Å². The Morgan fingerprint density at radius 2 is 0.765 bits per heavy atom. The molecular weight excluding hydrogens is 369 g/mol. The topological polar surface area (TPSA) is 215 Å². The first-order valence-corrected chi connectivity index (χ1v) is 4.05. The molecule has 0 aromatic heterocycles. The van der Waals surface area contributed by atoms with Crippen LogP contribution in [0.15, 0.2) is 0 Å². The zero-order valence-corrected chi connectivity index (χ0v) is 12.6. The molecule has 14 N–H and O–H groups in total. The van der Waals surface area contributed by atoms with E-state index in [-0.39, 0.29) is 41.4 Å². The van der Waals surface area contributed by atoms with Gasteiger partial charge in [-0.25, -0.2) is 9.59 Å². The zero-order chi connectivity index (χ0) is 10.3. The summed E-state index contributed by atoms with van der Waals surface area (Å²) in [4.78, 5) is 16.3. The van der Waals surface area contributed by atoms with Crippen molar-refractivity contribution < 1.29 is 36.6 Å². The molecule has 17 heavy (non-hydrogen) atoms. The smallest absolute Gasteiger partial charge is 0.337 e. The minimum Gasteiger partial charge on any atom is -0.479 e. The number of aliphatic carboxylic acids is 2. The van der Waals surface area contributed by atoms with Crippen molar-refractivity contribution in [1.82, 2.24) is 24.6 Å². The second-order valence-electron chi connectivity index (χ2n) is 1.28. The van der Waals surface area contributed by atoms with Gasteiger partial charge >= 0.3 is 11.9 Å². The molecule has 0 bridgehead atoms. The molecule has 0 aromatic carbocycles. The molecule has 0 aliphatic carbocycles. The number of carboxylic acid groups (broad SMARTS) is 2. The van der Waals surface area contributed by atoms with E-state index < -0.39 is 21.6 Å². The molecule has 0 saturated heterocycles. The van der Waals surface area contributed by atoms with Gasteiger partial charge in [0.05, 0.1) is 0 Å². The quantitative estimate of drug-likeness (QED) is 0.387. The van der Waals surface area contributed by atoms with Crippen LogP contribution >= 0.6 is 46.4 Å². The molecule has 8 nitrogen and oxygen atoms in total. The Kier molecular flexibility index (Phi) is 64.4. The Hall–Kier alpha value is 0.446. The molecule has 13 heteroatoms. The first-order valence-electron chi connectivity index (χ1n) is 2.31. The third-order valence-corrected chi connectivity index (χ3v) is 1.12. The van der Waals surface area contributed by atoms with Crippen molar-refractivity contribution in [1.29, 1.82) is 0 Å². The second kappa shape index (κ2) is 25.3. The summed E-state index contributed by atoms with van der Waals surface area (Å²) < 4.78 is 0. The van der Waals surface area contributed by atoms with E-state index in [2.05, 4.69) is 0 Å². The summed E-state index contributed by atoms with van der Waals surface area (Å²) in [5, 5.41) is 15.5. The van der Waals surface area contributed by atoms with Crippen LogP contribution in [0.25, 0.3) is 0 Å². The minimum absolute atomic E-state index is 0. The van der Waals surface area contributed by atoms with Gasteiger partial charge in [0.25, 0.3) is 0 Å².